The lowest BCUT2D eigenvalue weighted by molar-refractivity contribution is -0.172. The van der Waals surface area contributed by atoms with Crippen LogP contribution in [0.25, 0.3) is 0 Å². The Bertz CT molecular complexity index is 615. The zero-order valence-corrected chi connectivity index (χ0v) is 25.6. The van der Waals surface area contributed by atoms with Gasteiger partial charge in [-0.2, -0.15) is 0 Å². The van der Waals surface area contributed by atoms with E-state index in [4.69, 9.17) is 28.4 Å². The summed E-state index contributed by atoms with van der Waals surface area (Å²) in [4.78, 5) is 0. The van der Waals surface area contributed by atoms with Crippen LogP contribution in [0.15, 0.2) is 0 Å². The molecular formula is C29H58O7. The average molecular weight is 519 g/mol. The summed E-state index contributed by atoms with van der Waals surface area (Å²) < 4.78 is 37.7. The Morgan fingerprint density at radius 1 is 0.889 bits per heavy atom. The second-order valence-electron chi connectivity index (χ2n) is 12.9. The molecule has 1 rings (SSSR count). The fourth-order valence-electron chi connectivity index (χ4n) is 4.38. The molecule has 0 aliphatic carbocycles. The number of aliphatic hydroxyl groups excluding tert-OH is 1. The van der Waals surface area contributed by atoms with Crippen molar-refractivity contribution in [3.63, 3.8) is 0 Å². The second-order valence-corrected chi connectivity index (χ2v) is 12.9. The van der Waals surface area contributed by atoms with E-state index < -0.39 is 11.2 Å². The van der Waals surface area contributed by atoms with Gasteiger partial charge < -0.3 is 33.5 Å². The first-order valence-corrected chi connectivity index (χ1v) is 13.9. The number of ether oxygens (including phenoxy) is 6. The van der Waals surface area contributed by atoms with Gasteiger partial charge in [0.15, 0.2) is 0 Å². The summed E-state index contributed by atoms with van der Waals surface area (Å²) in [6.45, 7) is 28.5. The predicted octanol–water partition coefficient (Wildman–Crippen LogP) is 5.40. The largest absolute Gasteiger partial charge is 0.396 e. The molecule has 0 amide bonds. The Kier molecular flexibility index (Phi) is 13.3. The maximum absolute atomic E-state index is 9.69. The van der Waals surface area contributed by atoms with Crippen molar-refractivity contribution < 1.29 is 33.5 Å². The van der Waals surface area contributed by atoms with Gasteiger partial charge in [-0.15, -0.1) is 0 Å². The molecule has 0 radical (unpaired) electrons. The molecule has 1 heterocycles. The Morgan fingerprint density at radius 2 is 1.50 bits per heavy atom. The van der Waals surface area contributed by atoms with Crippen molar-refractivity contribution in [2.75, 3.05) is 26.4 Å². The molecule has 1 aliphatic rings. The van der Waals surface area contributed by atoms with Gasteiger partial charge in [0.05, 0.1) is 49.3 Å². The van der Waals surface area contributed by atoms with Crippen LogP contribution in [0.1, 0.15) is 96.4 Å². The maximum atomic E-state index is 9.69. The summed E-state index contributed by atoms with van der Waals surface area (Å²) in [6, 6.07) is 0. The first-order chi connectivity index (χ1) is 16.4. The molecule has 0 aromatic heterocycles. The van der Waals surface area contributed by atoms with Crippen LogP contribution < -0.4 is 0 Å². The summed E-state index contributed by atoms with van der Waals surface area (Å²) in [5.74, 6) is 0.124. The Balaban J connectivity index is 2.88. The second kappa shape index (κ2) is 14.2. The van der Waals surface area contributed by atoms with Crippen molar-refractivity contribution >= 4 is 0 Å². The molecule has 0 aromatic rings. The van der Waals surface area contributed by atoms with Crippen molar-refractivity contribution in [1.29, 1.82) is 0 Å². The summed E-state index contributed by atoms with van der Waals surface area (Å²) in [5.41, 5.74) is -1.01. The Labute approximate surface area is 221 Å². The normalized spacial score (nSPS) is 23.8. The zero-order valence-electron chi connectivity index (χ0n) is 25.6. The molecule has 36 heavy (non-hydrogen) atoms. The van der Waals surface area contributed by atoms with Crippen LogP contribution in [0.3, 0.4) is 0 Å². The molecule has 4 unspecified atom stereocenters. The van der Waals surface area contributed by atoms with Gasteiger partial charge in [-0.3, -0.25) is 0 Å². The fraction of sp³-hybridized carbons (Fsp3) is 1.00. The van der Waals surface area contributed by atoms with Crippen molar-refractivity contribution in [2.24, 2.45) is 11.3 Å². The molecule has 5 atom stereocenters. The topological polar surface area (TPSA) is 75.6 Å². The zero-order chi connectivity index (χ0) is 27.9. The van der Waals surface area contributed by atoms with Gasteiger partial charge in [-0.25, -0.2) is 0 Å². The summed E-state index contributed by atoms with van der Waals surface area (Å²) in [6.07, 6.45) is -0.0950. The number of rotatable bonds is 17. The highest BCUT2D eigenvalue weighted by molar-refractivity contribution is 4.94. The molecule has 1 aliphatic heterocycles. The average Bonchev–Trinajstić information content (AvgIpc) is 3.10. The molecule has 7 nitrogen and oxygen atoms in total. The van der Waals surface area contributed by atoms with Crippen LogP contribution in [0.2, 0.25) is 0 Å². The lowest BCUT2D eigenvalue weighted by atomic mass is 9.68. The van der Waals surface area contributed by atoms with E-state index in [-0.39, 0.29) is 60.7 Å². The van der Waals surface area contributed by atoms with Crippen LogP contribution in [-0.4, -0.2) is 85.5 Å². The third-order valence-corrected chi connectivity index (χ3v) is 7.67. The van der Waals surface area contributed by atoms with Gasteiger partial charge in [0, 0.05) is 6.61 Å². The van der Waals surface area contributed by atoms with E-state index in [1.165, 1.54) is 0 Å². The lowest BCUT2D eigenvalue weighted by Gasteiger charge is -2.45. The molecule has 1 N–H and O–H groups in total. The van der Waals surface area contributed by atoms with E-state index in [1.54, 1.807) is 0 Å². The third kappa shape index (κ3) is 10.1. The highest BCUT2D eigenvalue weighted by Gasteiger charge is 2.47. The SMILES string of the molecule is CC(C)OCC(OC(C)C)C1OC[C@H](OC(C)(C)CCOC(C)(C)C(C)(C)C(C)CO)C1OC(C)C. The fourth-order valence-corrected chi connectivity index (χ4v) is 4.38. The minimum Gasteiger partial charge on any atom is -0.396 e. The maximum Gasteiger partial charge on any atom is 0.115 e. The van der Waals surface area contributed by atoms with Gasteiger partial charge in [-0.05, 0) is 87.0 Å². The molecule has 0 spiro atoms. The number of hydrogen-bond acceptors (Lipinski definition) is 7. The summed E-state index contributed by atoms with van der Waals surface area (Å²) in [5, 5.41) is 9.69. The van der Waals surface area contributed by atoms with E-state index in [0.717, 1.165) is 6.42 Å². The van der Waals surface area contributed by atoms with Gasteiger partial charge >= 0.3 is 0 Å². The molecule has 0 saturated carbocycles. The standard InChI is InChI=1S/C29H58O7/c1-19(2)31-17-23(34-20(3)4)25-26(35-21(5)6)24(18-32-25)36-27(8,9)14-15-33-29(12,13)28(10,11)22(7)16-30/h19-26,30H,14-18H2,1-13H3/t22?,23?,24-,25?,26?/m0/s1. The van der Waals surface area contributed by atoms with E-state index in [1.807, 2.05) is 41.5 Å². The van der Waals surface area contributed by atoms with E-state index in [0.29, 0.717) is 19.8 Å². The Morgan fingerprint density at radius 3 is 2.00 bits per heavy atom. The minimum atomic E-state index is -0.437. The molecule has 0 bridgehead atoms. The summed E-state index contributed by atoms with van der Waals surface area (Å²) in [7, 11) is 0. The van der Waals surface area contributed by atoms with Gasteiger partial charge in [0.1, 0.15) is 24.4 Å². The molecule has 0 aromatic carbocycles. The van der Waals surface area contributed by atoms with E-state index >= 15 is 0 Å². The lowest BCUT2D eigenvalue weighted by Crippen LogP contribution is -2.49. The number of aliphatic hydroxyl groups is 1. The van der Waals surface area contributed by atoms with Crippen LogP contribution in [-0.2, 0) is 28.4 Å². The van der Waals surface area contributed by atoms with Gasteiger partial charge in [0.2, 0.25) is 0 Å². The van der Waals surface area contributed by atoms with E-state index in [9.17, 15) is 5.11 Å². The third-order valence-electron chi connectivity index (χ3n) is 7.67. The number of hydrogen-bond donors (Lipinski definition) is 1. The highest BCUT2D eigenvalue weighted by Crippen LogP contribution is 2.41. The minimum absolute atomic E-state index is 0.0269. The van der Waals surface area contributed by atoms with Crippen molar-refractivity contribution in [3.05, 3.63) is 0 Å². The van der Waals surface area contributed by atoms with Gasteiger partial charge in [0.25, 0.3) is 0 Å². The molecule has 1 fully saturated rings. The smallest absolute Gasteiger partial charge is 0.115 e. The molecule has 1 saturated heterocycles. The Hall–Kier alpha value is -0.280. The van der Waals surface area contributed by atoms with Crippen molar-refractivity contribution in [1.82, 2.24) is 0 Å². The van der Waals surface area contributed by atoms with Crippen molar-refractivity contribution in [2.45, 2.75) is 150 Å². The summed E-state index contributed by atoms with van der Waals surface area (Å²) >= 11 is 0. The van der Waals surface area contributed by atoms with Crippen LogP contribution in [0, 0.1) is 11.3 Å². The highest BCUT2D eigenvalue weighted by atomic mass is 16.6. The molecule has 216 valence electrons. The first-order valence-electron chi connectivity index (χ1n) is 13.9. The molecule has 7 heteroatoms. The van der Waals surface area contributed by atoms with Crippen LogP contribution >= 0.6 is 0 Å². The van der Waals surface area contributed by atoms with Gasteiger partial charge in [-0.1, -0.05) is 20.8 Å². The van der Waals surface area contributed by atoms with Crippen LogP contribution in [0.4, 0.5) is 0 Å². The first kappa shape index (κ1) is 33.7. The monoisotopic (exact) mass is 518 g/mol. The molecular weight excluding hydrogens is 460 g/mol. The van der Waals surface area contributed by atoms with Crippen molar-refractivity contribution in [3.8, 4) is 0 Å². The predicted molar refractivity (Wildman–Crippen MR) is 144 cm³/mol. The van der Waals surface area contributed by atoms with E-state index in [2.05, 4.69) is 48.5 Å². The quantitative estimate of drug-likeness (QED) is 0.276. The van der Waals surface area contributed by atoms with Crippen LogP contribution in [0.5, 0.6) is 0 Å².